The summed E-state index contributed by atoms with van der Waals surface area (Å²) in [6.07, 6.45) is 0.913. The average Bonchev–Trinajstić information content (AvgIpc) is 2.37. The lowest BCUT2D eigenvalue weighted by atomic mass is 9.95. The van der Waals surface area contributed by atoms with Crippen molar-refractivity contribution in [2.24, 2.45) is 5.92 Å². The van der Waals surface area contributed by atoms with Crippen molar-refractivity contribution in [3.8, 4) is 0 Å². The lowest BCUT2D eigenvalue weighted by Gasteiger charge is -2.20. The molecular formula is C17H28FNO. The van der Waals surface area contributed by atoms with E-state index in [0.717, 1.165) is 31.7 Å². The molecule has 0 amide bonds. The van der Waals surface area contributed by atoms with E-state index < -0.39 is 0 Å². The Hall–Kier alpha value is -0.930. The van der Waals surface area contributed by atoms with Gasteiger partial charge in [0.05, 0.1) is 0 Å². The van der Waals surface area contributed by atoms with Crippen LogP contribution in [0.3, 0.4) is 0 Å². The Morgan fingerprint density at radius 1 is 1.20 bits per heavy atom. The minimum atomic E-state index is -0.167. The third-order valence-corrected chi connectivity index (χ3v) is 3.15. The molecule has 1 N–H and O–H groups in total. The SMILES string of the molecule is CC(C)COCCC(CNC(C)C)c1cccc(F)c1. The van der Waals surface area contributed by atoms with E-state index in [9.17, 15) is 4.39 Å². The Morgan fingerprint density at radius 2 is 1.95 bits per heavy atom. The molecule has 3 heteroatoms. The quantitative estimate of drug-likeness (QED) is 0.692. The number of nitrogens with one attached hydrogen (secondary N) is 1. The molecule has 0 bridgehead atoms. The lowest BCUT2D eigenvalue weighted by molar-refractivity contribution is 0.103. The van der Waals surface area contributed by atoms with E-state index in [4.69, 9.17) is 4.74 Å². The van der Waals surface area contributed by atoms with Gasteiger partial charge in [0, 0.05) is 25.8 Å². The smallest absolute Gasteiger partial charge is 0.123 e. The van der Waals surface area contributed by atoms with Gasteiger partial charge in [0.25, 0.3) is 0 Å². The molecule has 114 valence electrons. The van der Waals surface area contributed by atoms with Crippen LogP contribution >= 0.6 is 0 Å². The zero-order valence-electron chi connectivity index (χ0n) is 13.2. The first-order valence-corrected chi connectivity index (χ1v) is 7.55. The van der Waals surface area contributed by atoms with Crippen LogP contribution in [0.5, 0.6) is 0 Å². The summed E-state index contributed by atoms with van der Waals surface area (Å²) >= 11 is 0. The van der Waals surface area contributed by atoms with E-state index >= 15 is 0 Å². The predicted octanol–water partition coefficient (Wildman–Crippen LogP) is 3.97. The zero-order chi connectivity index (χ0) is 15.0. The van der Waals surface area contributed by atoms with Gasteiger partial charge in [0.2, 0.25) is 0 Å². The summed E-state index contributed by atoms with van der Waals surface area (Å²) in [4.78, 5) is 0. The summed E-state index contributed by atoms with van der Waals surface area (Å²) in [5.41, 5.74) is 1.05. The van der Waals surface area contributed by atoms with Gasteiger partial charge in [-0.25, -0.2) is 4.39 Å². The molecule has 0 heterocycles. The Morgan fingerprint density at radius 3 is 2.55 bits per heavy atom. The number of ether oxygens (including phenoxy) is 1. The first-order valence-electron chi connectivity index (χ1n) is 7.55. The van der Waals surface area contributed by atoms with Crippen molar-refractivity contribution >= 4 is 0 Å². The van der Waals surface area contributed by atoms with Crippen molar-refractivity contribution < 1.29 is 9.13 Å². The van der Waals surface area contributed by atoms with Crippen LogP contribution in [0.25, 0.3) is 0 Å². The molecule has 0 fully saturated rings. The van der Waals surface area contributed by atoms with E-state index in [1.165, 1.54) is 6.07 Å². The molecular weight excluding hydrogens is 253 g/mol. The molecule has 20 heavy (non-hydrogen) atoms. The summed E-state index contributed by atoms with van der Waals surface area (Å²) < 4.78 is 19.0. The normalized spacial score (nSPS) is 13.2. The summed E-state index contributed by atoms with van der Waals surface area (Å²) in [5.74, 6) is 0.678. The van der Waals surface area contributed by atoms with Crippen LogP contribution in [-0.4, -0.2) is 25.8 Å². The molecule has 0 saturated heterocycles. The van der Waals surface area contributed by atoms with E-state index in [2.05, 4.69) is 33.0 Å². The van der Waals surface area contributed by atoms with Crippen LogP contribution < -0.4 is 5.32 Å². The second-order valence-electron chi connectivity index (χ2n) is 6.07. The summed E-state index contributed by atoms with van der Waals surface area (Å²) in [5, 5.41) is 3.44. The Bertz CT molecular complexity index is 379. The highest BCUT2D eigenvalue weighted by molar-refractivity contribution is 5.21. The molecule has 0 saturated carbocycles. The second kappa shape index (κ2) is 9.09. The number of rotatable bonds is 9. The number of hydrogen-bond donors (Lipinski definition) is 1. The van der Waals surface area contributed by atoms with Gasteiger partial charge in [-0.3, -0.25) is 0 Å². The molecule has 1 atom stereocenters. The van der Waals surface area contributed by atoms with Gasteiger partial charge in [-0.05, 0) is 36.0 Å². The van der Waals surface area contributed by atoms with Gasteiger partial charge in [0.1, 0.15) is 5.82 Å². The van der Waals surface area contributed by atoms with E-state index in [0.29, 0.717) is 17.9 Å². The third-order valence-electron chi connectivity index (χ3n) is 3.15. The molecule has 0 aliphatic carbocycles. The van der Waals surface area contributed by atoms with Gasteiger partial charge in [0.15, 0.2) is 0 Å². The van der Waals surface area contributed by atoms with Crippen molar-refractivity contribution in [2.45, 2.75) is 46.1 Å². The maximum Gasteiger partial charge on any atom is 0.123 e. The van der Waals surface area contributed by atoms with Crippen LogP contribution in [-0.2, 0) is 4.74 Å². The number of benzene rings is 1. The van der Waals surface area contributed by atoms with E-state index in [1.54, 1.807) is 12.1 Å². The summed E-state index contributed by atoms with van der Waals surface area (Å²) in [6, 6.07) is 7.34. The molecule has 2 nitrogen and oxygen atoms in total. The molecule has 1 rings (SSSR count). The van der Waals surface area contributed by atoms with Crippen LogP contribution in [0.4, 0.5) is 4.39 Å². The molecule has 0 spiro atoms. The van der Waals surface area contributed by atoms with Crippen LogP contribution in [0.15, 0.2) is 24.3 Å². The highest BCUT2D eigenvalue weighted by Crippen LogP contribution is 2.20. The molecule has 0 aromatic heterocycles. The van der Waals surface area contributed by atoms with Gasteiger partial charge in [-0.1, -0.05) is 39.8 Å². The van der Waals surface area contributed by atoms with Crippen molar-refractivity contribution in [3.05, 3.63) is 35.6 Å². The Kier molecular flexibility index (Phi) is 7.78. The van der Waals surface area contributed by atoms with Gasteiger partial charge in [-0.2, -0.15) is 0 Å². The van der Waals surface area contributed by atoms with Crippen LogP contribution in [0.2, 0.25) is 0 Å². The summed E-state index contributed by atoms with van der Waals surface area (Å²) in [7, 11) is 0. The van der Waals surface area contributed by atoms with Crippen LogP contribution in [0.1, 0.15) is 45.6 Å². The molecule has 0 radical (unpaired) electrons. The highest BCUT2D eigenvalue weighted by Gasteiger charge is 2.13. The average molecular weight is 281 g/mol. The van der Waals surface area contributed by atoms with Crippen LogP contribution in [0, 0.1) is 11.7 Å². The van der Waals surface area contributed by atoms with Crippen molar-refractivity contribution in [1.82, 2.24) is 5.32 Å². The predicted molar refractivity (Wildman–Crippen MR) is 82.6 cm³/mol. The largest absolute Gasteiger partial charge is 0.381 e. The fourth-order valence-electron chi connectivity index (χ4n) is 2.07. The van der Waals surface area contributed by atoms with E-state index in [1.807, 2.05) is 6.07 Å². The molecule has 1 unspecified atom stereocenters. The first kappa shape index (κ1) is 17.1. The Balaban J connectivity index is 2.55. The van der Waals surface area contributed by atoms with Crippen molar-refractivity contribution in [1.29, 1.82) is 0 Å². The number of halogens is 1. The molecule has 0 aliphatic heterocycles. The lowest BCUT2D eigenvalue weighted by Crippen LogP contribution is -2.28. The molecule has 1 aromatic carbocycles. The summed E-state index contributed by atoms with van der Waals surface area (Å²) in [6.45, 7) is 10.9. The Labute approximate surface area is 122 Å². The van der Waals surface area contributed by atoms with Gasteiger partial charge < -0.3 is 10.1 Å². The van der Waals surface area contributed by atoms with Gasteiger partial charge >= 0.3 is 0 Å². The van der Waals surface area contributed by atoms with Gasteiger partial charge in [-0.15, -0.1) is 0 Å². The first-order chi connectivity index (χ1) is 9.49. The standard InChI is InChI=1S/C17H28FNO/c1-13(2)12-20-9-8-16(11-19-14(3)4)15-6-5-7-17(18)10-15/h5-7,10,13-14,16,19H,8-9,11-12H2,1-4H3. The van der Waals surface area contributed by atoms with Crippen molar-refractivity contribution in [3.63, 3.8) is 0 Å². The fourth-order valence-corrected chi connectivity index (χ4v) is 2.07. The number of hydrogen-bond acceptors (Lipinski definition) is 2. The topological polar surface area (TPSA) is 21.3 Å². The minimum Gasteiger partial charge on any atom is -0.381 e. The zero-order valence-corrected chi connectivity index (χ0v) is 13.2. The third kappa shape index (κ3) is 7.01. The second-order valence-corrected chi connectivity index (χ2v) is 6.07. The minimum absolute atomic E-state index is 0.167. The monoisotopic (exact) mass is 281 g/mol. The maximum atomic E-state index is 13.4. The van der Waals surface area contributed by atoms with Crippen molar-refractivity contribution in [2.75, 3.05) is 19.8 Å². The maximum absolute atomic E-state index is 13.4. The van der Waals surface area contributed by atoms with E-state index in [-0.39, 0.29) is 5.82 Å². The fraction of sp³-hybridized carbons (Fsp3) is 0.647. The molecule has 0 aliphatic rings. The highest BCUT2D eigenvalue weighted by atomic mass is 19.1. The molecule has 1 aromatic rings.